The van der Waals surface area contributed by atoms with Crippen molar-refractivity contribution < 1.29 is 5.11 Å². The van der Waals surface area contributed by atoms with Gasteiger partial charge < -0.3 is 5.11 Å². The summed E-state index contributed by atoms with van der Waals surface area (Å²) in [5, 5.41) is 9.61. The second-order valence-corrected chi connectivity index (χ2v) is 5.05. The Hall–Kier alpha value is -0.0400. The van der Waals surface area contributed by atoms with Crippen molar-refractivity contribution >= 4 is 0 Å². The normalized spacial score (nSPS) is 53.5. The average molecular weight is 154 g/mol. The molecule has 2 fully saturated rings. The summed E-state index contributed by atoms with van der Waals surface area (Å²) in [7, 11) is 0. The van der Waals surface area contributed by atoms with Gasteiger partial charge in [-0.05, 0) is 36.0 Å². The molecule has 2 aliphatic rings. The Morgan fingerprint density at radius 1 is 1.18 bits per heavy atom. The van der Waals surface area contributed by atoms with E-state index in [4.69, 9.17) is 0 Å². The van der Waals surface area contributed by atoms with E-state index in [1.807, 2.05) is 0 Å². The zero-order valence-electron chi connectivity index (χ0n) is 7.67. The summed E-state index contributed by atoms with van der Waals surface area (Å²) in [6.07, 6.45) is 2.29. The fourth-order valence-electron chi connectivity index (χ4n) is 2.84. The lowest BCUT2D eigenvalue weighted by Gasteiger charge is -2.22. The van der Waals surface area contributed by atoms with Gasteiger partial charge in [-0.15, -0.1) is 0 Å². The maximum atomic E-state index is 9.61. The average Bonchev–Trinajstić information content (AvgIpc) is 2.39. The minimum absolute atomic E-state index is 0.0157. The van der Waals surface area contributed by atoms with Gasteiger partial charge in [0.15, 0.2) is 0 Å². The summed E-state index contributed by atoms with van der Waals surface area (Å²) in [4.78, 5) is 0. The highest BCUT2D eigenvalue weighted by molar-refractivity contribution is 5.08. The molecule has 2 rings (SSSR count). The van der Waals surface area contributed by atoms with E-state index in [1.54, 1.807) is 0 Å². The first-order valence-corrected chi connectivity index (χ1v) is 4.71. The first-order chi connectivity index (χ1) is 5.03. The number of hydrogen-bond acceptors (Lipinski definition) is 1. The SMILES string of the molecule is C[C@@H]1C[C@@H]2[C@H](C[C@@H]1O)C2(C)C. The fourth-order valence-corrected chi connectivity index (χ4v) is 2.84. The molecule has 1 N–H and O–H groups in total. The van der Waals surface area contributed by atoms with Crippen molar-refractivity contribution in [1.29, 1.82) is 0 Å². The molecule has 1 nitrogen and oxygen atoms in total. The third-order valence-electron chi connectivity index (χ3n) is 4.07. The second-order valence-electron chi connectivity index (χ2n) is 5.05. The minimum atomic E-state index is -0.0157. The number of hydrogen-bond donors (Lipinski definition) is 1. The molecule has 0 aromatic carbocycles. The molecular formula is C10H18O. The van der Waals surface area contributed by atoms with E-state index < -0.39 is 0 Å². The first-order valence-electron chi connectivity index (χ1n) is 4.71. The van der Waals surface area contributed by atoms with E-state index in [0.29, 0.717) is 11.3 Å². The summed E-state index contributed by atoms with van der Waals surface area (Å²) < 4.78 is 0. The lowest BCUT2D eigenvalue weighted by atomic mass is 9.88. The maximum absolute atomic E-state index is 9.61. The molecule has 0 aromatic heterocycles. The molecule has 1 heteroatoms. The smallest absolute Gasteiger partial charge is 0.0568 e. The quantitative estimate of drug-likeness (QED) is 0.566. The van der Waals surface area contributed by atoms with Gasteiger partial charge in [0.2, 0.25) is 0 Å². The van der Waals surface area contributed by atoms with Gasteiger partial charge in [-0.2, -0.15) is 0 Å². The van der Waals surface area contributed by atoms with Crippen LogP contribution in [0.15, 0.2) is 0 Å². The van der Waals surface area contributed by atoms with Crippen molar-refractivity contribution in [1.82, 2.24) is 0 Å². The Morgan fingerprint density at radius 2 is 1.73 bits per heavy atom. The molecule has 0 aromatic rings. The first kappa shape index (κ1) is 7.60. The number of aliphatic hydroxyl groups is 1. The molecule has 0 bridgehead atoms. The van der Waals surface area contributed by atoms with Gasteiger partial charge in [-0.25, -0.2) is 0 Å². The van der Waals surface area contributed by atoms with Crippen molar-refractivity contribution in [2.45, 2.75) is 39.7 Å². The van der Waals surface area contributed by atoms with Crippen LogP contribution in [0.3, 0.4) is 0 Å². The topological polar surface area (TPSA) is 20.2 Å². The van der Waals surface area contributed by atoms with Crippen LogP contribution in [-0.4, -0.2) is 11.2 Å². The Bertz CT molecular complexity index is 156. The van der Waals surface area contributed by atoms with E-state index in [9.17, 15) is 5.11 Å². The van der Waals surface area contributed by atoms with Crippen LogP contribution < -0.4 is 0 Å². The zero-order valence-corrected chi connectivity index (χ0v) is 7.67. The van der Waals surface area contributed by atoms with E-state index in [1.165, 1.54) is 6.42 Å². The van der Waals surface area contributed by atoms with Crippen molar-refractivity contribution in [2.24, 2.45) is 23.2 Å². The number of aliphatic hydroxyl groups excluding tert-OH is 1. The summed E-state index contributed by atoms with van der Waals surface area (Å²) in [5.41, 5.74) is 0.547. The van der Waals surface area contributed by atoms with E-state index in [-0.39, 0.29) is 6.10 Å². The largest absolute Gasteiger partial charge is 0.393 e. The molecule has 2 aliphatic carbocycles. The Morgan fingerprint density at radius 3 is 2.27 bits per heavy atom. The second kappa shape index (κ2) is 2.01. The predicted octanol–water partition coefficient (Wildman–Crippen LogP) is 2.05. The molecule has 0 spiro atoms. The molecule has 0 amide bonds. The summed E-state index contributed by atoms with van der Waals surface area (Å²) >= 11 is 0. The molecule has 0 radical (unpaired) electrons. The third kappa shape index (κ3) is 0.936. The van der Waals surface area contributed by atoms with Crippen LogP contribution in [0, 0.1) is 23.2 Å². The van der Waals surface area contributed by atoms with Crippen LogP contribution in [-0.2, 0) is 0 Å². The standard InChI is InChI=1S/C10H18O/c1-6-4-7-8(5-9(6)11)10(7,2)3/h6-9,11H,4-5H2,1-3H3/t6-,7-,8+,9+/m1/s1. The lowest BCUT2D eigenvalue weighted by molar-refractivity contribution is 0.0745. The van der Waals surface area contributed by atoms with E-state index in [2.05, 4.69) is 20.8 Å². The zero-order chi connectivity index (χ0) is 8.22. The minimum Gasteiger partial charge on any atom is -0.393 e. The van der Waals surface area contributed by atoms with Gasteiger partial charge in [0.05, 0.1) is 6.10 Å². The van der Waals surface area contributed by atoms with E-state index >= 15 is 0 Å². The molecule has 0 saturated heterocycles. The third-order valence-corrected chi connectivity index (χ3v) is 4.07. The molecule has 11 heavy (non-hydrogen) atoms. The molecule has 0 heterocycles. The van der Waals surface area contributed by atoms with Crippen LogP contribution in [0.4, 0.5) is 0 Å². The van der Waals surface area contributed by atoms with Crippen LogP contribution >= 0.6 is 0 Å². The highest BCUT2D eigenvalue weighted by Gasteiger charge is 2.60. The number of rotatable bonds is 0. The Kier molecular flexibility index (Phi) is 1.39. The highest BCUT2D eigenvalue weighted by atomic mass is 16.3. The molecule has 4 atom stereocenters. The molecular weight excluding hydrogens is 136 g/mol. The Labute approximate surface area is 68.8 Å². The van der Waals surface area contributed by atoms with Gasteiger partial charge in [-0.1, -0.05) is 20.8 Å². The molecule has 2 saturated carbocycles. The van der Waals surface area contributed by atoms with Crippen molar-refractivity contribution in [2.75, 3.05) is 0 Å². The monoisotopic (exact) mass is 154 g/mol. The van der Waals surface area contributed by atoms with Crippen molar-refractivity contribution in [3.05, 3.63) is 0 Å². The molecule has 0 aliphatic heterocycles. The Balaban J connectivity index is 2.07. The lowest BCUT2D eigenvalue weighted by Crippen LogP contribution is -2.22. The number of fused-ring (bicyclic) bond motifs is 1. The van der Waals surface area contributed by atoms with Crippen LogP contribution in [0.5, 0.6) is 0 Å². The van der Waals surface area contributed by atoms with Gasteiger partial charge in [-0.3, -0.25) is 0 Å². The molecule has 0 unspecified atom stereocenters. The van der Waals surface area contributed by atoms with Gasteiger partial charge in [0.1, 0.15) is 0 Å². The molecule has 64 valence electrons. The van der Waals surface area contributed by atoms with Crippen LogP contribution in [0.1, 0.15) is 33.6 Å². The highest BCUT2D eigenvalue weighted by Crippen LogP contribution is 2.65. The van der Waals surface area contributed by atoms with Crippen LogP contribution in [0.25, 0.3) is 0 Å². The van der Waals surface area contributed by atoms with Crippen molar-refractivity contribution in [3.8, 4) is 0 Å². The van der Waals surface area contributed by atoms with Crippen molar-refractivity contribution in [3.63, 3.8) is 0 Å². The fraction of sp³-hybridized carbons (Fsp3) is 1.00. The van der Waals surface area contributed by atoms with Gasteiger partial charge in [0, 0.05) is 0 Å². The van der Waals surface area contributed by atoms with E-state index in [0.717, 1.165) is 18.3 Å². The predicted molar refractivity (Wildman–Crippen MR) is 45.2 cm³/mol. The summed E-state index contributed by atoms with van der Waals surface area (Å²) in [5.74, 6) is 2.28. The maximum Gasteiger partial charge on any atom is 0.0568 e. The summed E-state index contributed by atoms with van der Waals surface area (Å²) in [6.45, 7) is 6.86. The van der Waals surface area contributed by atoms with Crippen LogP contribution in [0.2, 0.25) is 0 Å². The van der Waals surface area contributed by atoms with Gasteiger partial charge >= 0.3 is 0 Å². The summed E-state index contributed by atoms with van der Waals surface area (Å²) in [6, 6.07) is 0. The van der Waals surface area contributed by atoms with Gasteiger partial charge in [0.25, 0.3) is 0 Å².